The fraction of sp³-hybridized carbons (Fsp3) is 0.533. The predicted molar refractivity (Wildman–Crippen MR) is 90.2 cm³/mol. The molecule has 0 unspecified atom stereocenters. The van der Waals surface area contributed by atoms with Crippen molar-refractivity contribution in [3.63, 3.8) is 0 Å². The summed E-state index contributed by atoms with van der Waals surface area (Å²) in [7, 11) is -0.234. The summed E-state index contributed by atoms with van der Waals surface area (Å²) >= 11 is 0. The Balaban J connectivity index is 1.78. The van der Waals surface area contributed by atoms with Crippen LogP contribution in [0.3, 0.4) is 0 Å². The molecule has 24 heavy (non-hydrogen) atoms. The second-order valence-corrected chi connectivity index (χ2v) is 8.29. The standard InChI is InChI=1S/C15H22N6O2S/c1-20(2)24(22,23)21-9-3-4-12(11-21)10-13-14(17-6-5-16-13)15-18-7-8-19-15/h5-8,12H,3-4,9-11H2,1-2H3,(H,18,19)/t12-/m0/s1. The molecule has 1 N–H and O–H groups in total. The monoisotopic (exact) mass is 350 g/mol. The van der Waals surface area contributed by atoms with Gasteiger partial charge in [0.15, 0.2) is 5.82 Å². The molecule has 3 rings (SSSR count). The summed E-state index contributed by atoms with van der Waals surface area (Å²) in [4.78, 5) is 16.1. The van der Waals surface area contributed by atoms with Gasteiger partial charge in [0, 0.05) is 52.0 Å². The van der Waals surface area contributed by atoms with Crippen LogP contribution in [0.25, 0.3) is 11.5 Å². The highest BCUT2D eigenvalue weighted by atomic mass is 32.2. The summed E-state index contributed by atoms with van der Waals surface area (Å²) in [6.45, 7) is 1.08. The zero-order valence-electron chi connectivity index (χ0n) is 13.9. The van der Waals surface area contributed by atoms with E-state index in [0.29, 0.717) is 25.3 Å². The Bertz CT molecular complexity index is 775. The van der Waals surface area contributed by atoms with Crippen LogP contribution in [0, 0.1) is 5.92 Å². The molecule has 0 radical (unpaired) electrons. The fourth-order valence-corrected chi connectivity index (χ4v) is 4.24. The average Bonchev–Trinajstić information content (AvgIpc) is 3.10. The summed E-state index contributed by atoms with van der Waals surface area (Å²) in [5, 5.41) is 0. The zero-order chi connectivity index (χ0) is 17.2. The molecule has 0 aliphatic carbocycles. The van der Waals surface area contributed by atoms with E-state index in [1.807, 2.05) is 0 Å². The number of rotatable bonds is 5. The van der Waals surface area contributed by atoms with Crippen LogP contribution in [0.1, 0.15) is 18.5 Å². The SMILES string of the molecule is CN(C)S(=O)(=O)N1CCC[C@@H](Cc2nccnc2-c2ncc[nH]2)C1. The van der Waals surface area contributed by atoms with Crippen LogP contribution < -0.4 is 0 Å². The van der Waals surface area contributed by atoms with Crippen LogP contribution in [0.15, 0.2) is 24.8 Å². The molecular weight excluding hydrogens is 328 g/mol. The highest BCUT2D eigenvalue weighted by molar-refractivity contribution is 7.86. The molecule has 2 aromatic rings. The van der Waals surface area contributed by atoms with E-state index in [-0.39, 0.29) is 5.92 Å². The van der Waals surface area contributed by atoms with Gasteiger partial charge in [-0.3, -0.25) is 4.98 Å². The van der Waals surface area contributed by atoms with E-state index in [9.17, 15) is 8.42 Å². The van der Waals surface area contributed by atoms with Crippen molar-refractivity contribution in [2.45, 2.75) is 19.3 Å². The molecule has 1 aliphatic heterocycles. The first-order chi connectivity index (χ1) is 11.5. The van der Waals surface area contributed by atoms with E-state index in [0.717, 1.165) is 24.2 Å². The highest BCUT2D eigenvalue weighted by Gasteiger charge is 2.31. The molecule has 1 aliphatic rings. The molecule has 2 aromatic heterocycles. The smallest absolute Gasteiger partial charge is 0.281 e. The van der Waals surface area contributed by atoms with Crippen LogP contribution in [0.5, 0.6) is 0 Å². The molecule has 0 bridgehead atoms. The second kappa shape index (κ2) is 6.96. The largest absolute Gasteiger partial charge is 0.343 e. The molecule has 130 valence electrons. The van der Waals surface area contributed by atoms with Crippen LogP contribution in [0.4, 0.5) is 0 Å². The Morgan fingerprint density at radius 1 is 1.25 bits per heavy atom. The number of aromatic amines is 1. The van der Waals surface area contributed by atoms with E-state index in [4.69, 9.17) is 0 Å². The lowest BCUT2D eigenvalue weighted by Crippen LogP contribution is -2.45. The van der Waals surface area contributed by atoms with Gasteiger partial charge in [-0.2, -0.15) is 17.0 Å². The average molecular weight is 350 g/mol. The van der Waals surface area contributed by atoms with Gasteiger partial charge in [0.25, 0.3) is 10.2 Å². The third-order valence-corrected chi connectivity index (χ3v) is 6.16. The van der Waals surface area contributed by atoms with Gasteiger partial charge >= 0.3 is 0 Å². The summed E-state index contributed by atoms with van der Waals surface area (Å²) in [6.07, 6.45) is 9.26. The van der Waals surface area contributed by atoms with Crippen LogP contribution in [-0.4, -0.2) is 64.1 Å². The van der Waals surface area contributed by atoms with Crippen molar-refractivity contribution in [2.75, 3.05) is 27.2 Å². The first-order valence-electron chi connectivity index (χ1n) is 7.95. The Hall–Kier alpha value is -1.84. The van der Waals surface area contributed by atoms with Gasteiger partial charge in [-0.25, -0.2) is 9.97 Å². The maximum Gasteiger partial charge on any atom is 0.281 e. The van der Waals surface area contributed by atoms with Crippen molar-refractivity contribution in [3.8, 4) is 11.5 Å². The molecule has 0 saturated carbocycles. The van der Waals surface area contributed by atoms with Gasteiger partial charge in [0.05, 0.1) is 5.69 Å². The molecular formula is C15H22N6O2S. The molecule has 3 heterocycles. The maximum absolute atomic E-state index is 12.3. The number of nitrogens with one attached hydrogen (secondary N) is 1. The minimum absolute atomic E-state index is 0.221. The van der Waals surface area contributed by atoms with E-state index in [1.165, 1.54) is 4.31 Å². The number of H-pyrrole nitrogens is 1. The van der Waals surface area contributed by atoms with Crippen LogP contribution >= 0.6 is 0 Å². The molecule has 9 heteroatoms. The maximum atomic E-state index is 12.3. The number of hydrogen-bond acceptors (Lipinski definition) is 5. The van der Waals surface area contributed by atoms with Crippen molar-refractivity contribution >= 4 is 10.2 Å². The van der Waals surface area contributed by atoms with Gasteiger partial charge < -0.3 is 4.98 Å². The highest BCUT2D eigenvalue weighted by Crippen LogP contribution is 2.25. The number of hydrogen-bond donors (Lipinski definition) is 1. The Morgan fingerprint density at radius 2 is 2.04 bits per heavy atom. The molecule has 1 fully saturated rings. The van der Waals surface area contributed by atoms with Crippen LogP contribution in [0.2, 0.25) is 0 Å². The Morgan fingerprint density at radius 3 is 2.75 bits per heavy atom. The normalized spacial score (nSPS) is 19.7. The molecule has 0 aromatic carbocycles. The van der Waals surface area contributed by atoms with Crippen molar-refractivity contribution in [3.05, 3.63) is 30.5 Å². The third kappa shape index (κ3) is 3.47. The van der Waals surface area contributed by atoms with Gasteiger partial charge in [0.2, 0.25) is 0 Å². The Labute approximate surface area is 142 Å². The molecule has 0 amide bonds. The first-order valence-corrected chi connectivity index (χ1v) is 9.35. The number of aromatic nitrogens is 4. The minimum atomic E-state index is -3.37. The topological polar surface area (TPSA) is 95.1 Å². The minimum Gasteiger partial charge on any atom is -0.343 e. The summed E-state index contributed by atoms with van der Waals surface area (Å²) in [5.74, 6) is 0.908. The fourth-order valence-electron chi connectivity index (χ4n) is 3.02. The van der Waals surface area contributed by atoms with Crippen molar-refractivity contribution < 1.29 is 8.42 Å². The quantitative estimate of drug-likeness (QED) is 0.865. The lowest BCUT2D eigenvalue weighted by atomic mass is 9.94. The third-order valence-electron chi connectivity index (χ3n) is 4.25. The van der Waals surface area contributed by atoms with Gasteiger partial charge in [-0.1, -0.05) is 0 Å². The summed E-state index contributed by atoms with van der Waals surface area (Å²) in [6, 6.07) is 0. The van der Waals surface area contributed by atoms with Gasteiger partial charge in [0.1, 0.15) is 5.69 Å². The van der Waals surface area contributed by atoms with E-state index in [1.54, 1.807) is 43.2 Å². The van der Waals surface area contributed by atoms with Crippen molar-refractivity contribution in [1.29, 1.82) is 0 Å². The van der Waals surface area contributed by atoms with E-state index >= 15 is 0 Å². The van der Waals surface area contributed by atoms with Gasteiger partial charge in [-0.05, 0) is 25.2 Å². The molecule has 8 nitrogen and oxygen atoms in total. The zero-order valence-corrected chi connectivity index (χ0v) is 14.7. The summed E-state index contributed by atoms with van der Waals surface area (Å²) in [5.41, 5.74) is 1.58. The lowest BCUT2D eigenvalue weighted by Gasteiger charge is -2.33. The lowest BCUT2D eigenvalue weighted by molar-refractivity contribution is 0.253. The molecule has 0 spiro atoms. The van der Waals surface area contributed by atoms with Crippen LogP contribution in [-0.2, 0) is 16.6 Å². The first kappa shape index (κ1) is 17.0. The number of imidazole rings is 1. The van der Waals surface area contributed by atoms with Crippen molar-refractivity contribution in [1.82, 2.24) is 28.5 Å². The predicted octanol–water partition coefficient (Wildman–Crippen LogP) is 0.928. The molecule has 1 saturated heterocycles. The van der Waals surface area contributed by atoms with E-state index < -0.39 is 10.2 Å². The van der Waals surface area contributed by atoms with Crippen molar-refractivity contribution in [2.24, 2.45) is 5.92 Å². The number of nitrogens with zero attached hydrogens (tertiary/aromatic N) is 5. The number of piperidine rings is 1. The van der Waals surface area contributed by atoms with Gasteiger partial charge in [-0.15, -0.1) is 0 Å². The summed E-state index contributed by atoms with van der Waals surface area (Å²) < 4.78 is 27.5. The Kier molecular flexibility index (Phi) is 4.93. The second-order valence-electron chi connectivity index (χ2n) is 6.15. The molecule has 1 atom stereocenters. The van der Waals surface area contributed by atoms with E-state index in [2.05, 4.69) is 19.9 Å².